The zero-order chi connectivity index (χ0) is 17.7. The van der Waals surface area contributed by atoms with E-state index in [1.165, 1.54) is 12.0 Å². The Morgan fingerprint density at radius 1 is 1.12 bits per heavy atom. The minimum atomic E-state index is -3.56. The van der Waals surface area contributed by atoms with Gasteiger partial charge in [0.2, 0.25) is 15.9 Å². The number of nitrogens with one attached hydrogen (secondary N) is 3. The fourth-order valence-electron chi connectivity index (χ4n) is 3.53. The molecule has 1 fully saturated rings. The van der Waals surface area contributed by atoms with Crippen molar-refractivity contribution in [3.8, 4) is 0 Å². The maximum absolute atomic E-state index is 12.4. The first-order chi connectivity index (χ1) is 12.0. The van der Waals surface area contributed by atoms with Gasteiger partial charge < -0.3 is 10.6 Å². The molecule has 7 heteroatoms. The molecule has 0 unspecified atom stereocenters. The Kier molecular flexibility index (Phi) is 6.09. The van der Waals surface area contributed by atoms with Gasteiger partial charge in [0.05, 0.1) is 4.90 Å². The van der Waals surface area contributed by atoms with Gasteiger partial charge in [0.25, 0.3) is 0 Å². The summed E-state index contributed by atoms with van der Waals surface area (Å²) < 4.78 is 27.4. The Balaban J connectivity index is 1.50. The highest BCUT2D eigenvalue weighted by molar-refractivity contribution is 7.89. The summed E-state index contributed by atoms with van der Waals surface area (Å²) in [6, 6.07) is 5.58. The van der Waals surface area contributed by atoms with Crippen LogP contribution in [0, 0.1) is 0 Å². The first kappa shape index (κ1) is 18.4. The lowest BCUT2D eigenvalue weighted by molar-refractivity contribution is -0.121. The number of aryl methyl sites for hydroxylation is 2. The number of rotatable bonds is 6. The van der Waals surface area contributed by atoms with Gasteiger partial charge in [-0.2, -0.15) is 0 Å². The van der Waals surface area contributed by atoms with E-state index in [1.807, 2.05) is 6.07 Å². The van der Waals surface area contributed by atoms with E-state index >= 15 is 0 Å². The predicted molar refractivity (Wildman–Crippen MR) is 96.9 cm³/mol. The number of sulfonamides is 1. The van der Waals surface area contributed by atoms with Crippen LogP contribution in [0.5, 0.6) is 0 Å². The monoisotopic (exact) mass is 365 g/mol. The van der Waals surface area contributed by atoms with Crippen LogP contribution in [-0.2, 0) is 27.7 Å². The molecule has 138 valence electrons. The Morgan fingerprint density at radius 3 is 2.60 bits per heavy atom. The SMILES string of the molecule is O=C(CCNS(=O)(=O)c1ccc2c(c1)CCCC2)NC1CCNCC1. The second kappa shape index (κ2) is 8.29. The lowest BCUT2D eigenvalue weighted by Gasteiger charge is -2.23. The molecule has 6 nitrogen and oxygen atoms in total. The summed E-state index contributed by atoms with van der Waals surface area (Å²) in [5.74, 6) is -0.0972. The first-order valence-electron chi connectivity index (χ1n) is 9.16. The third kappa shape index (κ3) is 5.03. The van der Waals surface area contributed by atoms with E-state index in [1.54, 1.807) is 12.1 Å². The number of carbonyl (C=O) groups excluding carboxylic acids is 1. The van der Waals surface area contributed by atoms with E-state index < -0.39 is 10.0 Å². The largest absolute Gasteiger partial charge is 0.353 e. The molecule has 1 aliphatic heterocycles. The van der Waals surface area contributed by atoms with Gasteiger partial charge in [-0.3, -0.25) is 4.79 Å². The molecule has 0 aromatic heterocycles. The molecule has 0 radical (unpaired) electrons. The molecular weight excluding hydrogens is 338 g/mol. The number of hydrogen-bond donors (Lipinski definition) is 3. The number of fused-ring (bicyclic) bond motifs is 1. The summed E-state index contributed by atoms with van der Waals surface area (Å²) in [5.41, 5.74) is 2.39. The molecule has 3 N–H and O–H groups in total. The van der Waals surface area contributed by atoms with E-state index in [2.05, 4.69) is 15.4 Å². The van der Waals surface area contributed by atoms with Gasteiger partial charge in [-0.15, -0.1) is 0 Å². The maximum Gasteiger partial charge on any atom is 0.240 e. The van der Waals surface area contributed by atoms with Gasteiger partial charge in [-0.25, -0.2) is 13.1 Å². The summed E-state index contributed by atoms with van der Waals surface area (Å²) >= 11 is 0. The minimum absolute atomic E-state index is 0.0972. The zero-order valence-electron chi connectivity index (χ0n) is 14.5. The van der Waals surface area contributed by atoms with E-state index in [9.17, 15) is 13.2 Å². The molecule has 1 amide bonds. The standard InChI is InChI=1S/C18H27N3O3S/c22-18(21-16-7-10-19-11-8-16)9-12-20-25(23,24)17-6-5-14-3-1-2-4-15(14)13-17/h5-6,13,16,19-20H,1-4,7-12H2,(H,21,22). The van der Waals surface area contributed by atoms with E-state index in [0.717, 1.165) is 50.8 Å². The van der Waals surface area contributed by atoms with Crippen LogP contribution in [0.2, 0.25) is 0 Å². The Labute approximate surface area is 149 Å². The van der Waals surface area contributed by atoms with Crippen molar-refractivity contribution < 1.29 is 13.2 Å². The smallest absolute Gasteiger partial charge is 0.240 e. The van der Waals surface area contributed by atoms with Crippen molar-refractivity contribution in [3.63, 3.8) is 0 Å². The third-order valence-corrected chi connectivity index (χ3v) is 6.44. The number of benzene rings is 1. The zero-order valence-corrected chi connectivity index (χ0v) is 15.3. The highest BCUT2D eigenvalue weighted by Gasteiger charge is 2.19. The molecule has 1 aromatic rings. The van der Waals surface area contributed by atoms with Crippen molar-refractivity contribution in [2.75, 3.05) is 19.6 Å². The fraction of sp³-hybridized carbons (Fsp3) is 0.611. The number of piperidine rings is 1. The molecule has 25 heavy (non-hydrogen) atoms. The molecular formula is C18H27N3O3S. The van der Waals surface area contributed by atoms with E-state index in [0.29, 0.717) is 4.90 Å². The van der Waals surface area contributed by atoms with Crippen LogP contribution in [-0.4, -0.2) is 40.0 Å². The lowest BCUT2D eigenvalue weighted by atomic mass is 9.92. The number of amides is 1. The van der Waals surface area contributed by atoms with Crippen molar-refractivity contribution in [1.29, 1.82) is 0 Å². The van der Waals surface area contributed by atoms with Crippen molar-refractivity contribution in [1.82, 2.24) is 15.4 Å². The van der Waals surface area contributed by atoms with Crippen LogP contribution in [0.3, 0.4) is 0 Å². The molecule has 0 atom stereocenters. The van der Waals surface area contributed by atoms with E-state index in [-0.39, 0.29) is 24.9 Å². The summed E-state index contributed by atoms with van der Waals surface area (Å²) in [7, 11) is -3.56. The molecule has 1 saturated heterocycles. The third-order valence-electron chi connectivity index (χ3n) is 4.98. The normalized spacial score (nSPS) is 18.6. The van der Waals surface area contributed by atoms with Crippen molar-refractivity contribution >= 4 is 15.9 Å². The molecule has 0 saturated carbocycles. The fourth-order valence-corrected chi connectivity index (χ4v) is 4.61. The van der Waals surface area contributed by atoms with Crippen molar-refractivity contribution in [3.05, 3.63) is 29.3 Å². The first-order valence-corrected chi connectivity index (χ1v) is 10.6. The molecule has 3 rings (SSSR count). The molecule has 1 aromatic carbocycles. The average molecular weight is 365 g/mol. The Hall–Kier alpha value is -1.44. The lowest BCUT2D eigenvalue weighted by Crippen LogP contribution is -2.43. The van der Waals surface area contributed by atoms with E-state index in [4.69, 9.17) is 0 Å². The van der Waals surface area contributed by atoms with Gasteiger partial charge >= 0.3 is 0 Å². The Bertz CT molecular complexity index is 712. The minimum Gasteiger partial charge on any atom is -0.353 e. The number of carbonyl (C=O) groups is 1. The summed E-state index contributed by atoms with van der Waals surface area (Å²) in [6.07, 6.45) is 6.26. The quantitative estimate of drug-likeness (QED) is 0.705. The molecule has 1 aliphatic carbocycles. The summed E-state index contributed by atoms with van der Waals surface area (Å²) in [4.78, 5) is 12.3. The highest BCUT2D eigenvalue weighted by Crippen LogP contribution is 2.23. The molecule has 0 bridgehead atoms. The predicted octanol–water partition coefficient (Wildman–Crippen LogP) is 1.10. The second-order valence-electron chi connectivity index (χ2n) is 6.88. The summed E-state index contributed by atoms with van der Waals surface area (Å²) in [5, 5.41) is 6.22. The second-order valence-corrected chi connectivity index (χ2v) is 8.64. The van der Waals surface area contributed by atoms with Gasteiger partial charge in [0.15, 0.2) is 0 Å². The van der Waals surface area contributed by atoms with Gasteiger partial charge in [-0.05, 0) is 74.9 Å². The van der Waals surface area contributed by atoms with Crippen LogP contribution in [0.15, 0.2) is 23.1 Å². The van der Waals surface area contributed by atoms with Gasteiger partial charge in [0.1, 0.15) is 0 Å². The molecule has 1 heterocycles. The molecule has 0 spiro atoms. The van der Waals surface area contributed by atoms with Crippen molar-refractivity contribution in [2.24, 2.45) is 0 Å². The molecule has 2 aliphatic rings. The highest BCUT2D eigenvalue weighted by atomic mass is 32.2. The van der Waals surface area contributed by atoms with Crippen molar-refractivity contribution in [2.45, 2.75) is 55.9 Å². The average Bonchev–Trinajstić information content (AvgIpc) is 2.62. The number of hydrogen-bond acceptors (Lipinski definition) is 4. The summed E-state index contributed by atoms with van der Waals surface area (Å²) in [6.45, 7) is 1.95. The van der Waals surface area contributed by atoms with Crippen LogP contribution in [0.4, 0.5) is 0 Å². The van der Waals surface area contributed by atoms with Crippen LogP contribution in [0.1, 0.15) is 43.2 Å². The van der Waals surface area contributed by atoms with Crippen LogP contribution < -0.4 is 15.4 Å². The topological polar surface area (TPSA) is 87.3 Å². The van der Waals surface area contributed by atoms with Gasteiger partial charge in [0, 0.05) is 19.0 Å². The Morgan fingerprint density at radius 2 is 1.84 bits per heavy atom. The maximum atomic E-state index is 12.4. The van der Waals surface area contributed by atoms with Crippen LogP contribution in [0.25, 0.3) is 0 Å². The van der Waals surface area contributed by atoms with Gasteiger partial charge in [-0.1, -0.05) is 6.07 Å². The van der Waals surface area contributed by atoms with Crippen LogP contribution >= 0.6 is 0 Å².